The Bertz CT molecular complexity index is 107. The minimum absolute atomic E-state index is 0. The van der Waals surface area contributed by atoms with E-state index in [1.54, 1.807) is 0 Å². The van der Waals surface area contributed by atoms with Gasteiger partial charge in [-0.1, -0.05) is 0 Å². The maximum atomic E-state index is 9.36. The standard InChI is InChI=1S/C3H4O5.Ca/c4-1(2(5)6)3(7)8;/h1,4H,(H,5,6)(H,7,8);/q;+2/p-2. The average Bonchev–Trinajstić information content (AvgIpc) is 1.64. The molecule has 0 radical (unpaired) electrons. The number of aliphatic carboxylic acids is 2. The van der Waals surface area contributed by atoms with Crippen LogP contribution in [0.2, 0.25) is 0 Å². The van der Waals surface area contributed by atoms with Crippen LogP contribution in [-0.2, 0) is 9.59 Å². The van der Waals surface area contributed by atoms with Gasteiger partial charge in [-0.3, -0.25) is 0 Å². The Morgan fingerprint density at radius 1 is 1.22 bits per heavy atom. The van der Waals surface area contributed by atoms with Gasteiger partial charge in [0.15, 0.2) is 0 Å². The fraction of sp³-hybridized carbons (Fsp3) is 0.333. The Morgan fingerprint density at radius 3 is 1.44 bits per heavy atom. The molecule has 0 spiro atoms. The quantitative estimate of drug-likeness (QED) is 0.322. The molecule has 5 nitrogen and oxygen atoms in total. The SMILES string of the molecule is O=C([O-])C(O)C(=O)[O-].[Ca+2]. The van der Waals surface area contributed by atoms with Crippen molar-refractivity contribution in [2.24, 2.45) is 0 Å². The smallest absolute Gasteiger partial charge is 0.547 e. The zero-order valence-corrected chi connectivity index (χ0v) is 6.57. The molecule has 0 heterocycles. The van der Waals surface area contributed by atoms with Crippen molar-refractivity contribution in [3.63, 3.8) is 0 Å². The summed E-state index contributed by atoms with van der Waals surface area (Å²) < 4.78 is 0. The number of aliphatic hydroxyl groups excluding tert-OH is 1. The van der Waals surface area contributed by atoms with E-state index < -0.39 is 18.0 Å². The van der Waals surface area contributed by atoms with Crippen molar-refractivity contribution in [1.82, 2.24) is 0 Å². The summed E-state index contributed by atoms with van der Waals surface area (Å²) in [6, 6.07) is 0. The van der Waals surface area contributed by atoms with E-state index in [2.05, 4.69) is 0 Å². The van der Waals surface area contributed by atoms with Gasteiger partial charge in [-0.2, -0.15) is 0 Å². The molecule has 0 aliphatic rings. The third kappa shape index (κ3) is 4.65. The summed E-state index contributed by atoms with van der Waals surface area (Å²) in [7, 11) is 0. The van der Waals surface area contributed by atoms with Gasteiger partial charge in [0.1, 0.15) is 6.10 Å². The van der Waals surface area contributed by atoms with Gasteiger partial charge in [-0.05, 0) is 0 Å². The molecule has 9 heavy (non-hydrogen) atoms. The Kier molecular flexibility index (Phi) is 6.59. The summed E-state index contributed by atoms with van der Waals surface area (Å²) in [5.74, 6) is -4.13. The molecule has 0 aromatic carbocycles. The summed E-state index contributed by atoms with van der Waals surface area (Å²) in [6.07, 6.45) is -2.52. The molecular formula is C3H2CaO5. The number of aliphatic hydroxyl groups is 1. The molecule has 0 aliphatic carbocycles. The molecule has 0 fully saturated rings. The van der Waals surface area contributed by atoms with Gasteiger partial charge in [-0.25, -0.2) is 0 Å². The molecule has 0 unspecified atom stereocenters. The third-order valence-corrected chi connectivity index (χ3v) is 0.447. The zero-order chi connectivity index (χ0) is 6.73. The molecule has 0 rings (SSSR count). The van der Waals surface area contributed by atoms with Crippen LogP contribution in [0.25, 0.3) is 0 Å². The van der Waals surface area contributed by atoms with Gasteiger partial charge >= 0.3 is 37.7 Å². The molecule has 0 aliphatic heterocycles. The van der Waals surface area contributed by atoms with Crippen LogP contribution >= 0.6 is 0 Å². The fourth-order valence-electron chi connectivity index (χ4n) is 0.0962. The van der Waals surface area contributed by atoms with Crippen molar-refractivity contribution in [2.75, 3.05) is 0 Å². The zero-order valence-electron chi connectivity index (χ0n) is 4.36. The van der Waals surface area contributed by atoms with Crippen LogP contribution in [0.1, 0.15) is 0 Å². The van der Waals surface area contributed by atoms with Crippen molar-refractivity contribution >= 4 is 49.7 Å². The van der Waals surface area contributed by atoms with E-state index in [1.165, 1.54) is 0 Å². The van der Waals surface area contributed by atoms with Gasteiger partial charge < -0.3 is 24.9 Å². The number of carboxylic acids is 2. The summed E-state index contributed by atoms with van der Waals surface area (Å²) in [5.41, 5.74) is 0. The molecule has 0 amide bonds. The maximum absolute atomic E-state index is 9.36. The molecule has 6 heteroatoms. The van der Waals surface area contributed by atoms with Gasteiger partial charge in [0, 0.05) is 0 Å². The van der Waals surface area contributed by atoms with E-state index in [0.717, 1.165) is 0 Å². The monoisotopic (exact) mass is 158 g/mol. The van der Waals surface area contributed by atoms with Crippen molar-refractivity contribution in [2.45, 2.75) is 6.10 Å². The fourth-order valence-corrected chi connectivity index (χ4v) is 0.0962. The van der Waals surface area contributed by atoms with E-state index >= 15 is 0 Å². The number of carbonyl (C=O) groups excluding carboxylic acids is 2. The van der Waals surface area contributed by atoms with Crippen LogP contribution in [0.4, 0.5) is 0 Å². The van der Waals surface area contributed by atoms with E-state index in [-0.39, 0.29) is 37.7 Å². The number of carboxylic acid groups (broad SMARTS) is 2. The van der Waals surface area contributed by atoms with E-state index in [1.807, 2.05) is 0 Å². The summed E-state index contributed by atoms with van der Waals surface area (Å²) in [5, 5.41) is 26.6. The number of hydrogen-bond donors (Lipinski definition) is 1. The van der Waals surface area contributed by atoms with Gasteiger partial charge in [-0.15, -0.1) is 0 Å². The van der Waals surface area contributed by atoms with Gasteiger partial charge in [0.05, 0.1) is 11.9 Å². The van der Waals surface area contributed by atoms with Crippen molar-refractivity contribution in [3.8, 4) is 0 Å². The first-order valence-electron chi connectivity index (χ1n) is 1.65. The molecule has 0 saturated heterocycles. The van der Waals surface area contributed by atoms with Crippen LogP contribution in [0.5, 0.6) is 0 Å². The Balaban J connectivity index is 0. The summed E-state index contributed by atoms with van der Waals surface area (Å²) in [4.78, 5) is 18.7. The number of carbonyl (C=O) groups is 2. The van der Waals surface area contributed by atoms with Gasteiger partial charge in [0.2, 0.25) is 0 Å². The number of hydrogen-bond acceptors (Lipinski definition) is 5. The molecule has 0 aromatic heterocycles. The first-order chi connectivity index (χ1) is 3.55. The second-order valence-corrected chi connectivity index (χ2v) is 1.04. The predicted molar refractivity (Wildman–Crippen MR) is 21.8 cm³/mol. The Hall–Kier alpha value is 0.160. The van der Waals surface area contributed by atoms with Crippen LogP contribution in [-0.4, -0.2) is 60.9 Å². The molecule has 46 valence electrons. The molecule has 0 aromatic rings. The van der Waals surface area contributed by atoms with Crippen LogP contribution in [0.3, 0.4) is 0 Å². The molecule has 0 saturated carbocycles. The van der Waals surface area contributed by atoms with E-state index in [0.29, 0.717) is 0 Å². The number of rotatable bonds is 2. The largest absolute Gasteiger partial charge is 2.00 e. The van der Waals surface area contributed by atoms with Crippen LogP contribution < -0.4 is 10.2 Å². The predicted octanol–water partition coefficient (Wildman–Crippen LogP) is -4.53. The van der Waals surface area contributed by atoms with Crippen molar-refractivity contribution in [1.29, 1.82) is 0 Å². The molecule has 1 N–H and O–H groups in total. The first kappa shape index (κ1) is 11.9. The molecule has 0 bridgehead atoms. The minimum atomic E-state index is -2.52. The van der Waals surface area contributed by atoms with Crippen molar-refractivity contribution < 1.29 is 24.9 Å². The maximum Gasteiger partial charge on any atom is 2.00 e. The minimum Gasteiger partial charge on any atom is -0.547 e. The molecule has 0 atom stereocenters. The molecular weight excluding hydrogens is 156 g/mol. The topological polar surface area (TPSA) is 100 Å². The first-order valence-corrected chi connectivity index (χ1v) is 1.65. The second kappa shape index (κ2) is 4.99. The summed E-state index contributed by atoms with van der Waals surface area (Å²) in [6.45, 7) is 0. The normalized spacial score (nSPS) is 8.22. The Labute approximate surface area is 80.3 Å². The average molecular weight is 158 g/mol. The second-order valence-electron chi connectivity index (χ2n) is 1.04. The van der Waals surface area contributed by atoms with E-state index in [9.17, 15) is 19.8 Å². The van der Waals surface area contributed by atoms with Crippen LogP contribution in [0, 0.1) is 0 Å². The van der Waals surface area contributed by atoms with E-state index in [4.69, 9.17) is 5.11 Å². The summed E-state index contributed by atoms with van der Waals surface area (Å²) >= 11 is 0. The Morgan fingerprint density at radius 2 is 1.44 bits per heavy atom. The van der Waals surface area contributed by atoms with Crippen LogP contribution in [0.15, 0.2) is 0 Å². The van der Waals surface area contributed by atoms with Crippen molar-refractivity contribution in [3.05, 3.63) is 0 Å². The van der Waals surface area contributed by atoms with Gasteiger partial charge in [0.25, 0.3) is 0 Å². The third-order valence-electron chi connectivity index (χ3n) is 0.447.